The Kier molecular flexibility index (Phi) is 6.56. The molecule has 1 aromatic carbocycles. The van der Waals surface area contributed by atoms with E-state index < -0.39 is 23.8 Å². The zero-order valence-corrected chi connectivity index (χ0v) is 17.5. The van der Waals surface area contributed by atoms with Crippen LogP contribution in [0.1, 0.15) is 20.3 Å². The summed E-state index contributed by atoms with van der Waals surface area (Å²) < 4.78 is 12.3. The highest BCUT2D eigenvalue weighted by Gasteiger charge is 2.32. The van der Waals surface area contributed by atoms with Crippen molar-refractivity contribution in [1.29, 1.82) is 0 Å². The van der Waals surface area contributed by atoms with Gasteiger partial charge in [-0.05, 0) is 38.5 Å². The van der Waals surface area contributed by atoms with Crippen LogP contribution < -0.4 is 10.6 Å². The zero-order chi connectivity index (χ0) is 21.8. The van der Waals surface area contributed by atoms with Gasteiger partial charge < -0.3 is 24.7 Å². The van der Waals surface area contributed by atoms with Gasteiger partial charge in [0.2, 0.25) is 6.10 Å². The van der Waals surface area contributed by atoms with E-state index >= 15 is 0 Å². The van der Waals surface area contributed by atoms with Crippen molar-refractivity contribution in [2.24, 2.45) is 13.0 Å². The molecule has 1 heterocycles. The van der Waals surface area contributed by atoms with Gasteiger partial charge in [-0.3, -0.25) is 14.4 Å². The number of fused-ring (bicyclic) bond motifs is 1. The van der Waals surface area contributed by atoms with Crippen LogP contribution in [0.25, 0.3) is 10.9 Å². The van der Waals surface area contributed by atoms with Crippen molar-refractivity contribution in [3.05, 3.63) is 42.6 Å². The number of carbonyl (C=O) groups is 3. The molecule has 1 aliphatic carbocycles. The van der Waals surface area contributed by atoms with Crippen molar-refractivity contribution >= 4 is 34.4 Å². The summed E-state index contributed by atoms with van der Waals surface area (Å²) in [6.07, 6.45) is 4.22. The van der Waals surface area contributed by atoms with Gasteiger partial charge in [-0.15, -0.1) is 0 Å². The molecule has 0 fully saturated rings. The van der Waals surface area contributed by atoms with E-state index in [9.17, 15) is 14.4 Å². The molecule has 2 aromatic rings. The second-order valence-corrected chi connectivity index (χ2v) is 7.60. The predicted octanol–water partition coefficient (Wildman–Crippen LogP) is 2.14. The lowest BCUT2D eigenvalue weighted by atomic mass is 10.1. The molecule has 8 nitrogen and oxygen atoms in total. The van der Waals surface area contributed by atoms with E-state index in [1.165, 1.54) is 7.11 Å². The van der Waals surface area contributed by atoms with Crippen LogP contribution in [0.5, 0.6) is 0 Å². The first-order valence-electron chi connectivity index (χ1n) is 9.87. The van der Waals surface area contributed by atoms with Gasteiger partial charge in [0.25, 0.3) is 11.8 Å². The molecule has 0 radical (unpaired) electrons. The average molecular weight is 413 g/mol. The molecular weight excluding hydrogens is 386 g/mol. The minimum atomic E-state index is -1.32. The monoisotopic (exact) mass is 413 g/mol. The van der Waals surface area contributed by atoms with E-state index in [0.717, 1.165) is 10.9 Å². The molecule has 160 valence electrons. The molecule has 1 aromatic heterocycles. The molecule has 8 heteroatoms. The van der Waals surface area contributed by atoms with Crippen LogP contribution in [-0.4, -0.2) is 47.7 Å². The molecule has 0 spiro atoms. The largest absolute Gasteiger partial charge is 0.463 e. The lowest BCUT2D eigenvalue weighted by Gasteiger charge is -2.19. The molecule has 3 rings (SSSR count). The van der Waals surface area contributed by atoms with Gasteiger partial charge in [0, 0.05) is 37.3 Å². The fraction of sp³-hybridized carbons (Fsp3) is 0.409. The van der Waals surface area contributed by atoms with Crippen LogP contribution >= 0.6 is 0 Å². The molecule has 2 N–H and O–H groups in total. The molecule has 2 amide bonds. The number of rotatable bonds is 7. The van der Waals surface area contributed by atoms with Crippen LogP contribution in [0.3, 0.4) is 0 Å². The number of ether oxygens (including phenoxy) is 2. The van der Waals surface area contributed by atoms with E-state index in [4.69, 9.17) is 9.47 Å². The second-order valence-electron chi connectivity index (χ2n) is 7.60. The van der Waals surface area contributed by atoms with Crippen LogP contribution in [-0.2, 0) is 30.9 Å². The van der Waals surface area contributed by atoms with Crippen LogP contribution in [0.15, 0.2) is 42.6 Å². The van der Waals surface area contributed by atoms with Crippen molar-refractivity contribution < 1.29 is 23.9 Å². The lowest BCUT2D eigenvalue weighted by Crippen LogP contribution is -2.47. The average Bonchev–Trinajstić information content (AvgIpc) is 3.30. The van der Waals surface area contributed by atoms with Gasteiger partial charge >= 0.3 is 5.97 Å². The Labute approximate surface area is 175 Å². The van der Waals surface area contributed by atoms with Crippen molar-refractivity contribution in [2.45, 2.75) is 38.5 Å². The smallest absolute Gasteiger partial charge is 0.313 e. The number of nitrogens with zero attached hydrogens (tertiary/aromatic N) is 1. The third-order valence-corrected chi connectivity index (χ3v) is 4.96. The molecule has 3 atom stereocenters. The number of methoxy groups -OCH3 is 1. The summed E-state index contributed by atoms with van der Waals surface area (Å²) in [5.41, 5.74) is 1.56. The van der Waals surface area contributed by atoms with E-state index in [-0.39, 0.29) is 18.1 Å². The van der Waals surface area contributed by atoms with Crippen molar-refractivity contribution in [1.82, 2.24) is 9.88 Å². The third kappa shape index (κ3) is 4.71. The van der Waals surface area contributed by atoms with Gasteiger partial charge in [-0.2, -0.15) is 0 Å². The summed E-state index contributed by atoms with van der Waals surface area (Å²) in [4.78, 5) is 37.4. The second kappa shape index (κ2) is 9.13. The Balaban J connectivity index is 1.61. The topological polar surface area (TPSA) is 98.7 Å². The standard InChI is InChI=1S/C22H27N3O5/c1-13(2)30-22(28)14-8-9-15(12-14)23-20(26)19(29-4)21(27)24-17-6-5-7-18-16(17)10-11-25(18)3/h5-11,13-15,19H,12H2,1-4H3,(H,23,26)(H,24,27)/t14-,15+,19?/m1/s1. The number of hydrogen-bond donors (Lipinski definition) is 2. The van der Waals surface area contributed by atoms with Crippen LogP contribution in [0.2, 0.25) is 0 Å². The minimum absolute atomic E-state index is 0.199. The maximum absolute atomic E-state index is 12.7. The molecule has 0 aliphatic heterocycles. The lowest BCUT2D eigenvalue weighted by molar-refractivity contribution is -0.151. The number of aryl methyl sites for hydroxylation is 1. The van der Waals surface area contributed by atoms with Gasteiger partial charge in [-0.1, -0.05) is 18.2 Å². The van der Waals surface area contributed by atoms with Crippen molar-refractivity contribution in [3.8, 4) is 0 Å². The summed E-state index contributed by atoms with van der Waals surface area (Å²) in [5.74, 6) is -1.87. The molecule has 30 heavy (non-hydrogen) atoms. The summed E-state index contributed by atoms with van der Waals surface area (Å²) in [6, 6.07) is 7.07. The Morgan fingerprint density at radius 2 is 1.90 bits per heavy atom. The Hall–Kier alpha value is -3.13. The fourth-order valence-corrected chi connectivity index (χ4v) is 3.50. The highest BCUT2D eigenvalue weighted by atomic mass is 16.5. The number of aromatic nitrogens is 1. The Morgan fingerprint density at radius 1 is 1.13 bits per heavy atom. The number of esters is 1. The first-order chi connectivity index (χ1) is 14.3. The number of anilines is 1. The number of nitrogens with one attached hydrogen (secondary N) is 2. The van der Waals surface area contributed by atoms with E-state index in [0.29, 0.717) is 12.1 Å². The minimum Gasteiger partial charge on any atom is -0.463 e. The molecule has 1 aliphatic rings. The summed E-state index contributed by atoms with van der Waals surface area (Å²) in [6.45, 7) is 3.57. The third-order valence-electron chi connectivity index (χ3n) is 4.96. The van der Waals surface area contributed by atoms with Gasteiger partial charge in [0.05, 0.1) is 17.7 Å². The van der Waals surface area contributed by atoms with E-state index in [1.54, 1.807) is 32.1 Å². The Morgan fingerprint density at radius 3 is 2.60 bits per heavy atom. The molecule has 0 saturated carbocycles. The van der Waals surface area contributed by atoms with Crippen molar-refractivity contribution in [3.63, 3.8) is 0 Å². The highest BCUT2D eigenvalue weighted by Crippen LogP contribution is 2.24. The normalized spacial score (nSPS) is 19.1. The van der Waals surface area contributed by atoms with Crippen LogP contribution in [0, 0.1) is 5.92 Å². The van der Waals surface area contributed by atoms with Gasteiger partial charge in [-0.25, -0.2) is 0 Å². The number of carbonyl (C=O) groups excluding carboxylic acids is 3. The summed E-state index contributed by atoms with van der Waals surface area (Å²) >= 11 is 0. The Bertz CT molecular complexity index is 978. The molecule has 0 bridgehead atoms. The summed E-state index contributed by atoms with van der Waals surface area (Å²) in [5, 5.41) is 6.40. The quantitative estimate of drug-likeness (QED) is 0.412. The molecular formula is C22H27N3O5. The molecule has 0 saturated heterocycles. The summed E-state index contributed by atoms with van der Waals surface area (Å²) in [7, 11) is 3.22. The van der Waals surface area contributed by atoms with E-state index in [2.05, 4.69) is 10.6 Å². The first-order valence-corrected chi connectivity index (χ1v) is 9.87. The number of hydrogen-bond acceptors (Lipinski definition) is 5. The maximum Gasteiger partial charge on any atom is 0.313 e. The maximum atomic E-state index is 12.7. The molecule has 1 unspecified atom stereocenters. The highest BCUT2D eigenvalue weighted by molar-refractivity contribution is 6.11. The first kappa shape index (κ1) is 21.6. The predicted molar refractivity (Wildman–Crippen MR) is 113 cm³/mol. The van der Waals surface area contributed by atoms with Gasteiger partial charge in [0.15, 0.2) is 0 Å². The number of benzene rings is 1. The number of amides is 2. The van der Waals surface area contributed by atoms with Gasteiger partial charge in [0.1, 0.15) is 0 Å². The van der Waals surface area contributed by atoms with E-state index in [1.807, 2.05) is 36.0 Å². The van der Waals surface area contributed by atoms with Crippen molar-refractivity contribution in [2.75, 3.05) is 12.4 Å². The van der Waals surface area contributed by atoms with Crippen LogP contribution in [0.4, 0.5) is 5.69 Å². The zero-order valence-electron chi connectivity index (χ0n) is 17.5. The fourth-order valence-electron chi connectivity index (χ4n) is 3.50. The SMILES string of the molecule is COC(C(=O)Nc1cccc2c1ccn2C)C(=O)N[C@H]1C=C[C@@H](C(=O)OC(C)C)C1.